The minimum Gasteiger partial charge on any atom is -0.490 e. The molecule has 0 aliphatic carbocycles. The minimum absolute atomic E-state index is 0.473. The minimum atomic E-state index is 0.473. The van der Waals surface area contributed by atoms with E-state index in [2.05, 4.69) is 94.9 Å². The van der Waals surface area contributed by atoms with Crippen LogP contribution in [-0.4, -0.2) is 6.61 Å². The predicted octanol–water partition coefficient (Wildman–Crippen LogP) is 7.50. The van der Waals surface area contributed by atoms with Crippen molar-refractivity contribution in [3.05, 3.63) is 100 Å². The third kappa shape index (κ3) is 5.02. The summed E-state index contributed by atoms with van der Waals surface area (Å²) in [5.41, 5.74) is 4.63. The Morgan fingerprint density at radius 1 is 0.871 bits per heavy atom. The average Bonchev–Trinajstić information content (AvgIpc) is 2.78. The van der Waals surface area contributed by atoms with Gasteiger partial charge in [-0.25, -0.2) is 0 Å². The van der Waals surface area contributed by atoms with Crippen LogP contribution in [0.5, 0.6) is 11.5 Å². The van der Waals surface area contributed by atoms with Gasteiger partial charge in [0.1, 0.15) is 6.61 Å². The molecule has 31 heavy (non-hydrogen) atoms. The first kappa shape index (κ1) is 21.3. The lowest BCUT2D eigenvalue weighted by Gasteiger charge is -2.17. The van der Waals surface area contributed by atoms with Crippen molar-refractivity contribution in [2.24, 2.45) is 0 Å². The third-order valence-electron chi connectivity index (χ3n) is 5.25. The number of hydrogen-bond acceptors (Lipinski definition) is 3. The molecule has 0 aromatic heterocycles. The van der Waals surface area contributed by atoms with E-state index in [0.29, 0.717) is 19.8 Å². The Bertz CT molecular complexity index is 1180. The molecule has 4 heteroatoms. The number of benzene rings is 4. The summed E-state index contributed by atoms with van der Waals surface area (Å²) in [6, 6.07) is 27.1. The van der Waals surface area contributed by atoms with E-state index < -0.39 is 0 Å². The van der Waals surface area contributed by atoms with E-state index in [1.54, 1.807) is 0 Å². The van der Waals surface area contributed by atoms with Gasteiger partial charge in [0, 0.05) is 12.2 Å². The molecule has 0 spiro atoms. The molecule has 3 nitrogen and oxygen atoms in total. The molecule has 0 unspecified atom stereocenters. The fourth-order valence-corrected chi connectivity index (χ4v) is 4.27. The van der Waals surface area contributed by atoms with Gasteiger partial charge in [0.25, 0.3) is 0 Å². The van der Waals surface area contributed by atoms with E-state index in [1.165, 1.54) is 16.3 Å². The van der Waals surface area contributed by atoms with Crippen LogP contribution in [0.4, 0.5) is 5.69 Å². The zero-order chi connectivity index (χ0) is 21.6. The lowest BCUT2D eigenvalue weighted by molar-refractivity contribution is 0.268. The summed E-state index contributed by atoms with van der Waals surface area (Å²) >= 11 is 3.70. The molecule has 1 N–H and O–H groups in total. The number of para-hydroxylation sites is 1. The van der Waals surface area contributed by atoms with Crippen molar-refractivity contribution in [1.29, 1.82) is 0 Å². The van der Waals surface area contributed by atoms with E-state index in [9.17, 15) is 0 Å². The predicted molar refractivity (Wildman–Crippen MR) is 132 cm³/mol. The number of anilines is 1. The van der Waals surface area contributed by atoms with E-state index in [4.69, 9.17) is 9.47 Å². The van der Waals surface area contributed by atoms with Crippen LogP contribution < -0.4 is 14.8 Å². The zero-order valence-electron chi connectivity index (χ0n) is 17.8. The van der Waals surface area contributed by atoms with Gasteiger partial charge in [0.05, 0.1) is 11.1 Å². The number of rotatable bonds is 8. The van der Waals surface area contributed by atoms with Crippen molar-refractivity contribution >= 4 is 32.4 Å². The number of hydrogen-bond donors (Lipinski definition) is 1. The number of ether oxygens (including phenoxy) is 2. The summed E-state index contributed by atoms with van der Waals surface area (Å²) in [6.07, 6.45) is 0. The van der Waals surface area contributed by atoms with Gasteiger partial charge in [0.2, 0.25) is 0 Å². The van der Waals surface area contributed by atoms with Gasteiger partial charge >= 0.3 is 0 Å². The molecule has 0 saturated carbocycles. The second kappa shape index (κ2) is 9.88. The molecule has 4 aromatic carbocycles. The molecule has 0 aliphatic heterocycles. The van der Waals surface area contributed by atoms with Crippen molar-refractivity contribution in [3.63, 3.8) is 0 Å². The first-order chi connectivity index (χ1) is 15.2. The Morgan fingerprint density at radius 2 is 1.65 bits per heavy atom. The van der Waals surface area contributed by atoms with Gasteiger partial charge < -0.3 is 14.8 Å². The quantitative estimate of drug-likeness (QED) is 0.286. The van der Waals surface area contributed by atoms with E-state index >= 15 is 0 Å². The van der Waals surface area contributed by atoms with Crippen LogP contribution in [0, 0.1) is 6.92 Å². The van der Waals surface area contributed by atoms with Gasteiger partial charge in [-0.15, -0.1) is 0 Å². The first-order valence-corrected chi connectivity index (χ1v) is 11.3. The van der Waals surface area contributed by atoms with E-state index in [1.807, 2.05) is 19.1 Å². The molecule has 158 valence electrons. The summed E-state index contributed by atoms with van der Waals surface area (Å²) < 4.78 is 13.1. The smallest absolute Gasteiger partial charge is 0.175 e. The van der Waals surface area contributed by atoms with Crippen LogP contribution in [0.25, 0.3) is 10.8 Å². The third-order valence-corrected chi connectivity index (χ3v) is 5.84. The number of halogens is 1. The molecule has 0 radical (unpaired) electrons. The van der Waals surface area contributed by atoms with Crippen LogP contribution in [0.1, 0.15) is 23.6 Å². The van der Waals surface area contributed by atoms with Gasteiger partial charge in [0.15, 0.2) is 11.5 Å². The number of nitrogens with one attached hydrogen (secondary N) is 1. The Kier molecular flexibility index (Phi) is 6.78. The number of aryl methyl sites for hydroxylation is 1. The standard InChI is InChI=1S/C27H26BrNO2/c1-3-30-26-16-20(17-29-25-14-7-4-9-19(25)2)15-24(28)27(26)31-18-22-12-8-11-21-10-5-6-13-23(21)22/h4-16,29H,3,17-18H2,1-2H3. The molecule has 4 aromatic rings. The molecule has 0 saturated heterocycles. The lowest BCUT2D eigenvalue weighted by Crippen LogP contribution is -2.04. The summed E-state index contributed by atoms with van der Waals surface area (Å²) in [5, 5.41) is 5.93. The van der Waals surface area contributed by atoms with E-state index in [-0.39, 0.29) is 0 Å². The maximum atomic E-state index is 6.26. The molecule has 4 rings (SSSR count). The Labute approximate surface area is 192 Å². The van der Waals surface area contributed by atoms with Crippen LogP contribution in [0.15, 0.2) is 83.3 Å². The van der Waals surface area contributed by atoms with Crippen molar-refractivity contribution in [1.82, 2.24) is 0 Å². The molecule has 0 fully saturated rings. The second-order valence-electron chi connectivity index (χ2n) is 7.43. The number of fused-ring (bicyclic) bond motifs is 1. The Hall–Kier alpha value is -2.98. The first-order valence-electron chi connectivity index (χ1n) is 10.5. The van der Waals surface area contributed by atoms with Crippen LogP contribution in [0.3, 0.4) is 0 Å². The second-order valence-corrected chi connectivity index (χ2v) is 8.29. The zero-order valence-corrected chi connectivity index (χ0v) is 19.4. The van der Waals surface area contributed by atoms with Crippen molar-refractivity contribution in [2.45, 2.75) is 27.0 Å². The monoisotopic (exact) mass is 475 g/mol. The summed E-state index contributed by atoms with van der Waals surface area (Å²) in [5.74, 6) is 1.48. The normalized spacial score (nSPS) is 10.8. The highest BCUT2D eigenvalue weighted by atomic mass is 79.9. The SMILES string of the molecule is CCOc1cc(CNc2ccccc2C)cc(Br)c1OCc1cccc2ccccc12. The molecule has 0 heterocycles. The Balaban J connectivity index is 1.55. The van der Waals surface area contributed by atoms with Crippen molar-refractivity contribution in [3.8, 4) is 11.5 Å². The topological polar surface area (TPSA) is 30.5 Å². The van der Waals surface area contributed by atoms with Gasteiger partial charge in [-0.1, -0.05) is 60.7 Å². The van der Waals surface area contributed by atoms with E-state index in [0.717, 1.165) is 32.8 Å². The highest BCUT2D eigenvalue weighted by Crippen LogP contribution is 2.38. The molecule has 0 bridgehead atoms. The highest BCUT2D eigenvalue weighted by Gasteiger charge is 2.13. The van der Waals surface area contributed by atoms with Crippen LogP contribution in [0.2, 0.25) is 0 Å². The molecule has 0 atom stereocenters. The lowest BCUT2D eigenvalue weighted by atomic mass is 10.1. The largest absolute Gasteiger partial charge is 0.490 e. The average molecular weight is 476 g/mol. The molecule has 0 amide bonds. The summed E-state index contributed by atoms with van der Waals surface area (Å²) in [7, 11) is 0. The van der Waals surface area contributed by atoms with Gasteiger partial charge in [-0.3, -0.25) is 0 Å². The van der Waals surface area contributed by atoms with Gasteiger partial charge in [-0.05, 0) is 75.4 Å². The van der Waals surface area contributed by atoms with Gasteiger partial charge in [-0.2, -0.15) is 0 Å². The molecular formula is C27H26BrNO2. The Morgan fingerprint density at radius 3 is 2.48 bits per heavy atom. The maximum Gasteiger partial charge on any atom is 0.175 e. The summed E-state index contributed by atoms with van der Waals surface area (Å²) in [6.45, 7) is 5.84. The van der Waals surface area contributed by atoms with Crippen molar-refractivity contribution < 1.29 is 9.47 Å². The van der Waals surface area contributed by atoms with Crippen LogP contribution >= 0.6 is 15.9 Å². The van der Waals surface area contributed by atoms with Crippen molar-refractivity contribution in [2.75, 3.05) is 11.9 Å². The highest BCUT2D eigenvalue weighted by molar-refractivity contribution is 9.10. The summed E-state index contributed by atoms with van der Waals surface area (Å²) in [4.78, 5) is 0. The fraction of sp³-hybridized carbons (Fsp3) is 0.185. The van der Waals surface area contributed by atoms with Crippen LogP contribution in [-0.2, 0) is 13.2 Å². The molecular weight excluding hydrogens is 450 g/mol. The maximum absolute atomic E-state index is 6.26. The fourth-order valence-electron chi connectivity index (χ4n) is 3.66. The molecule has 0 aliphatic rings.